The van der Waals surface area contributed by atoms with Crippen LogP contribution in [0.25, 0.3) is 11.1 Å². The molecule has 0 unspecified atom stereocenters. The fraction of sp³-hybridized carbons (Fsp3) is 0.375. The zero-order chi connectivity index (χ0) is 25.2. The second kappa shape index (κ2) is 10.0. The molecule has 1 heterocycles. The number of amides is 2. The highest BCUT2D eigenvalue weighted by atomic mass is 16.4. The molecular formula is C24H29N3O7. The molecule has 0 aliphatic carbocycles. The Bertz CT molecular complexity index is 1120. The predicted molar refractivity (Wildman–Crippen MR) is 123 cm³/mol. The van der Waals surface area contributed by atoms with E-state index in [1.807, 2.05) is 6.92 Å². The number of fused-ring (bicyclic) bond motifs is 5. The van der Waals surface area contributed by atoms with Gasteiger partial charge in [-0.2, -0.15) is 0 Å². The summed E-state index contributed by atoms with van der Waals surface area (Å²) in [4.78, 5) is 37.7. The van der Waals surface area contributed by atoms with Crippen LogP contribution in [0, 0.1) is 5.92 Å². The maximum atomic E-state index is 13.0. The molecule has 8 N–H and O–H groups in total. The maximum Gasteiger partial charge on any atom is 0.326 e. The van der Waals surface area contributed by atoms with Gasteiger partial charge in [-0.3, -0.25) is 9.59 Å². The Morgan fingerprint density at radius 1 is 1.00 bits per heavy atom. The molecule has 0 saturated carbocycles. The van der Waals surface area contributed by atoms with Gasteiger partial charge in [-0.15, -0.1) is 0 Å². The molecule has 4 bridgehead atoms. The lowest BCUT2D eigenvalue weighted by Crippen LogP contribution is -2.57. The molecule has 1 aliphatic rings. The van der Waals surface area contributed by atoms with Gasteiger partial charge in [0, 0.05) is 17.5 Å². The van der Waals surface area contributed by atoms with Gasteiger partial charge < -0.3 is 36.8 Å². The highest BCUT2D eigenvalue weighted by Gasteiger charge is 2.32. The van der Waals surface area contributed by atoms with Gasteiger partial charge in [0.15, 0.2) is 11.5 Å². The van der Waals surface area contributed by atoms with Gasteiger partial charge in [-0.05, 0) is 47.7 Å². The molecule has 4 atom stereocenters. The standard InChI is InChI=1S/C24H29N3O7/c1-3-11(2)20-23(32)26-17(24(33)34)9-13-7-15(21(30)19(29)10-13)14-6-12(4-5-18(14)28)8-16(25)22(31)27-20/h4-7,10-11,16-17,20,28-30H,3,8-9,25H2,1-2H3,(H,26,32)(H,27,31)(H,33,34)/t11-,16-,17-,20-/m0/s1. The molecule has 182 valence electrons. The number of carbonyl (C=O) groups excluding carboxylic acids is 2. The molecule has 34 heavy (non-hydrogen) atoms. The van der Waals surface area contributed by atoms with E-state index in [1.54, 1.807) is 13.0 Å². The largest absolute Gasteiger partial charge is 0.507 e. The van der Waals surface area contributed by atoms with Crippen molar-refractivity contribution in [2.24, 2.45) is 11.7 Å². The molecule has 2 aromatic rings. The van der Waals surface area contributed by atoms with Crippen LogP contribution in [0.3, 0.4) is 0 Å². The van der Waals surface area contributed by atoms with Crippen molar-refractivity contribution < 1.29 is 34.8 Å². The van der Waals surface area contributed by atoms with Gasteiger partial charge in [0.1, 0.15) is 17.8 Å². The SMILES string of the molecule is CC[C@H](C)[C@@H]1NC(=O)[C@@H](N)Cc2ccc(O)c(c2)-c2cc(cc(O)c2O)C[C@@H](C(=O)O)NC1=O. The number of rotatable bonds is 3. The minimum absolute atomic E-state index is 0.0650. The van der Waals surface area contributed by atoms with E-state index in [9.17, 15) is 34.8 Å². The van der Waals surface area contributed by atoms with Gasteiger partial charge in [-0.25, -0.2) is 4.79 Å². The average Bonchev–Trinajstić information content (AvgIpc) is 2.79. The Hall–Kier alpha value is -3.79. The van der Waals surface area contributed by atoms with Crippen molar-refractivity contribution in [2.75, 3.05) is 0 Å². The summed E-state index contributed by atoms with van der Waals surface area (Å²) < 4.78 is 0. The van der Waals surface area contributed by atoms with Crippen molar-refractivity contribution in [3.8, 4) is 28.4 Å². The minimum atomic E-state index is -1.38. The van der Waals surface area contributed by atoms with Crippen LogP contribution in [-0.2, 0) is 27.2 Å². The predicted octanol–water partition coefficient (Wildman–Crippen LogP) is 0.997. The third-order valence-corrected chi connectivity index (χ3v) is 6.14. The third kappa shape index (κ3) is 5.23. The lowest BCUT2D eigenvalue weighted by Gasteiger charge is -2.26. The number of hydrogen-bond donors (Lipinski definition) is 7. The number of hydrogen-bond acceptors (Lipinski definition) is 7. The van der Waals surface area contributed by atoms with E-state index in [2.05, 4.69) is 10.6 Å². The molecule has 2 amide bonds. The molecule has 0 saturated heterocycles. The summed E-state index contributed by atoms with van der Waals surface area (Å²) in [6, 6.07) is 3.69. The van der Waals surface area contributed by atoms with Crippen LogP contribution in [0.1, 0.15) is 31.4 Å². The summed E-state index contributed by atoms with van der Waals surface area (Å²) >= 11 is 0. The maximum absolute atomic E-state index is 13.0. The van der Waals surface area contributed by atoms with Crippen LogP contribution >= 0.6 is 0 Å². The number of nitrogens with one attached hydrogen (secondary N) is 2. The third-order valence-electron chi connectivity index (χ3n) is 6.14. The number of nitrogens with two attached hydrogens (primary N) is 1. The van der Waals surface area contributed by atoms with Crippen molar-refractivity contribution in [2.45, 2.75) is 51.2 Å². The Morgan fingerprint density at radius 3 is 2.32 bits per heavy atom. The average molecular weight is 472 g/mol. The van der Waals surface area contributed by atoms with Crippen LogP contribution in [0.2, 0.25) is 0 Å². The number of phenols is 3. The second-order valence-corrected chi connectivity index (χ2v) is 8.65. The van der Waals surface area contributed by atoms with E-state index < -0.39 is 47.4 Å². The molecular weight excluding hydrogens is 442 g/mol. The molecule has 10 heteroatoms. The molecule has 0 radical (unpaired) electrons. The zero-order valence-corrected chi connectivity index (χ0v) is 18.9. The first kappa shape index (κ1) is 24.8. The van der Waals surface area contributed by atoms with Gasteiger partial charge >= 0.3 is 5.97 Å². The van der Waals surface area contributed by atoms with Gasteiger partial charge in [0.05, 0.1) is 6.04 Å². The smallest absolute Gasteiger partial charge is 0.326 e. The van der Waals surface area contributed by atoms with Crippen LogP contribution in [-0.4, -0.2) is 56.3 Å². The molecule has 2 aromatic carbocycles. The molecule has 1 aliphatic heterocycles. The van der Waals surface area contributed by atoms with Crippen molar-refractivity contribution >= 4 is 17.8 Å². The van der Waals surface area contributed by atoms with Crippen LogP contribution in [0.4, 0.5) is 0 Å². The van der Waals surface area contributed by atoms with Crippen LogP contribution < -0.4 is 16.4 Å². The van der Waals surface area contributed by atoms with Crippen LogP contribution in [0.15, 0.2) is 30.3 Å². The minimum Gasteiger partial charge on any atom is -0.507 e. The highest BCUT2D eigenvalue weighted by molar-refractivity contribution is 5.92. The van der Waals surface area contributed by atoms with Crippen molar-refractivity contribution in [3.05, 3.63) is 41.5 Å². The Balaban J connectivity index is 2.17. The zero-order valence-electron chi connectivity index (χ0n) is 18.9. The summed E-state index contributed by atoms with van der Waals surface area (Å²) in [5, 5.41) is 46.0. The lowest BCUT2D eigenvalue weighted by atomic mass is 9.94. The summed E-state index contributed by atoms with van der Waals surface area (Å²) in [6.07, 6.45) is 0.392. The molecule has 0 fully saturated rings. The topological polar surface area (TPSA) is 182 Å². The number of aliphatic carboxylic acids is 1. The summed E-state index contributed by atoms with van der Waals surface area (Å²) in [7, 11) is 0. The highest BCUT2D eigenvalue weighted by Crippen LogP contribution is 2.42. The Labute approximate surface area is 196 Å². The lowest BCUT2D eigenvalue weighted by molar-refractivity contribution is -0.142. The fourth-order valence-electron chi connectivity index (χ4n) is 3.93. The van der Waals surface area contributed by atoms with Crippen LogP contribution in [0.5, 0.6) is 17.2 Å². The van der Waals surface area contributed by atoms with E-state index in [-0.39, 0.29) is 35.6 Å². The van der Waals surface area contributed by atoms with E-state index in [4.69, 9.17) is 5.73 Å². The number of phenolic OH excluding ortho intramolecular Hbond substituents is 3. The number of aromatic hydroxyl groups is 3. The Morgan fingerprint density at radius 2 is 1.68 bits per heavy atom. The van der Waals surface area contributed by atoms with E-state index in [0.29, 0.717) is 17.5 Å². The summed E-state index contributed by atoms with van der Waals surface area (Å²) in [5.74, 6) is -4.08. The fourth-order valence-corrected chi connectivity index (χ4v) is 3.93. The van der Waals surface area contributed by atoms with E-state index in [0.717, 1.165) is 0 Å². The monoisotopic (exact) mass is 471 g/mol. The van der Waals surface area contributed by atoms with Gasteiger partial charge in [0.2, 0.25) is 11.8 Å². The summed E-state index contributed by atoms with van der Waals surface area (Å²) in [6.45, 7) is 3.60. The quantitative estimate of drug-likeness (QED) is 0.323. The number of benzene rings is 2. The van der Waals surface area contributed by atoms with Crippen molar-refractivity contribution in [3.63, 3.8) is 0 Å². The number of carbonyl (C=O) groups is 3. The number of carboxylic acids is 1. The molecule has 10 nitrogen and oxygen atoms in total. The first-order valence-electron chi connectivity index (χ1n) is 11.0. The normalized spacial score (nSPS) is 22.0. The van der Waals surface area contributed by atoms with Gasteiger partial charge in [-0.1, -0.05) is 26.3 Å². The van der Waals surface area contributed by atoms with Crippen molar-refractivity contribution in [1.82, 2.24) is 10.6 Å². The van der Waals surface area contributed by atoms with E-state index in [1.165, 1.54) is 24.3 Å². The first-order valence-corrected chi connectivity index (χ1v) is 11.0. The first-order chi connectivity index (χ1) is 16.0. The molecule has 0 aromatic heterocycles. The second-order valence-electron chi connectivity index (χ2n) is 8.65. The Kier molecular flexibility index (Phi) is 7.31. The van der Waals surface area contributed by atoms with E-state index >= 15 is 0 Å². The number of carboxylic acid groups (broad SMARTS) is 1. The molecule has 0 spiro atoms. The van der Waals surface area contributed by atoms with Gasteiger partial charge in [0.25, 0.3) is 0 Å². The summed E-state index contributed by atoms with van der Waals surface area (Å²) in [5.41, 5.74) is 7.20. The van der Waals surface area contributed by atoms with Crippen molar-refractivity contribution in [1.29, 1.82) is 0 Å². The molecule has 3 rings (SSSR count).